The molecular weight excluding hydrogens is 252 g/mol. The van der Waals surface area contributed by atoms with E-state index in [9.17, 15) is 9.59 Å². The molecule has 0 aliphatic rings. The minimum atomic E-state index is -1.37. The molecule has 1 aromatic heterocycles. The van der Waals surface area contributed by atoms with E-state index in [1.165, 1.54) is 20.1 Å². The van der Waals surface area contributed by atoms with Gasteiger partial charge < -0.3 is 24.1 Å². The maximum absolute atomic E-state index is 11.7. The molecule has 7 nitrogen and oxygen atoms in total. The smallest absolute Gasteiger partial charge is 0.408 e. The van der Waals surface area contributed by atoms with Crippen molar-refractivity contribution in [1.29, 1.82) is 0 Å². The summed E-state index contributed by atoms with van der Waals surface area (Å²) < 4.78 is 14.9. The molecular formula is C12H18N2O5. The Morgan fingerprint density at radius 2 is 2.05 bits per heavy atom. The number of carbonyl (C=O) groups excluding carboxylic acids is 2. The number of hydrogen-bond donors (Lipinski definition) is 1. The van der Waals surface area contributed by atoms with Crippen LogP contribution in [0, 0.1) is 0 Å². The minimum absolute atomic E-state index is 0.158. The lowest BCUT2D eigenvalue weighted by molar-refractivity contribution is -0.113. The first-order valence-electron chi connectivity index (χ1n) is 5.69. The Morgan fingerprint density at radius 1 is 1.42 bits per heavy atom. The molecule has 1 rings (SSSR count). The molecule has 0 spiro atoms. The molecule has 0 radical (unpaired) electrons. The minimum Gasteiger partial charge on any atom is -0.479 e. The number of alkyl carbamates (subject to hydrolysis) is 1. The van der Waals surface area contributed by atoms with Crippen molar-refractivity contribution in [3.8, 4) is 5.88 Å². The first-order chi connectivity index (χ1) is 8.70. The van der Waals surface area contributed by atoms with E-state index >= 15 is 0 Å². The van der Waals surface area contributed by atoms with E-state index < -0.39 is 17.2 Å². The van der Waals surface area contributed by atoms with Crippen molar-refractivity contribution in [2.45, 2.75) is 38.8 Å². The van der Waals surface area contributed by atoms with Crippen molar-refractivity contribution < 1.29 is 23.6 Å². The quantitative estimate of drug-likeness (QED) is 0.836. The number of ether oxygens (including phenoxy) is 2. The summed E-state index contributed by atoms with van der Waals surface area (Å²) in [6, 6.07) is 1.42. The van der Waals surface area contributed by atoms with Gasteiger partial charge in [-0.2, -0.15) is 0 Å². The van der Waals surface area contributed by atoms with Crippen LogP contribution in [0.1, 0.15) is 33.5 Å². The van der Waals surface area contributed by atoms with E-state index in [1.807, 2.05) is 0 Å². The van der Waals surface area contributed by atoms with E-state index in [2.05, 4.69) is 10.5 Å². The van der Waals surface area contributed by atoms with Crippen molar-refractivity contribution in [3.05, 3.63) is 11.8 Å². The number of nitrogens with one attached hydrogen (secondary N) is 1. The van der Waals surface area contributed by atoms with Crippen LogP contribution in [0.2, 0.25) is 0 Å². The first-order valence-corrected chi connectivity index (χ1v) is 5.69. The van der Waals surface area contributed by atoms with Gasteiger partial charge in [-0.15, -0.1) is 0 Å². The van der Waals surface area contributed by atoms with Gasteiger partial charge in [-0.1, -0.05) is 0 Å². The predicted octanol–water partition coefficient (Wildman–Crippen LogP) is 1.62. The van der Waals surface area contributed by atoms with E-state index in [0.29, 0.717) is 6.29 Å². The molecule has 0 aromatic carbocycles. The summed E-state index contributed by atoms with van der Waals surface area (Å²) in [6.07, 6.45) is -0.186. The van der Waals surface area contributed by atoms with Gasteiger partial charge in [0, 0.05) is 6.07 Å². The Balaban J connectivity index is 2.86. The number of aromatic nitrogens is 1. The van der Waals surface area contributed by atoms with Gasteiger partial charge in [0.25, 0.3) is 5.88 Å². The van der Waals surface area contributed by atoms with E-state index in [4.69, 9.17) is 14.0 Å². The van der Waals surface area contributed by atoms with Gasteiger partial charge in [-0.25, -0.2) is 4.79 Å². The van der Waals surface area contributed by atoms with Crippen molar-refractivity contribution >= 4 is 12.4 Å². The zero-order valence-electron chi connectivity index (χ0n) is 11.6. The zero-order chi connectivity index (χ0) is 14.7. The summed E-state index contributed by atoms with van der Waals surface area (Å²) in [4.78, 5) is 22.9. The highest BCUT2D eigenvalue weighted by Crippen LogP contribution is 2.23. The zero-order valence-corrected chi connectivity index (χ0v) is 11.6. The van der Waals surface area contributed by atoms with Crippen LogP contribution in [-0.2, 0) is 15.1 Å². The van der Waals surface area contributed by atoms with Crippen LogP contribution in [0.5, 0.6) is 5.88 Å². The van der Waals surface area contributed by atoms with Crippen molar-refractivity contribution in [3.63, 3.8) is 0 Å². The van der Waals surface area contributed by atoms with Crippen molar-refractivity contribution in [1.82, 2.24) is 10.5 Å². The van der Waals surface area contributed by atoms with Gasteiger partial charge in [0.05, 0.1) is 7.11 Å². The van der Waals surface area contributed by atoms with E-state index in [1.54, 1.807) is 20.8 Å². The van der Waals surface area contributed by atoms with Gasteiger partial charge in [-0.3, -0.25) is 0 Å². The predicted molar refractivity (Wildman–Crippen MR) is 65.8 cm³/mol. The van der Waals surface area contributed by atoms with Crippen molar-refractivity contribution in [2.24, 2.45) is 0 Å². The Labute approximate surface area is 111 Å². The number of aldehydes is 1. The Hall–Kier alpha value is -2.05. The molecule has 0 fully saturated rings. The van der Waals surface area contributed by atoms with Crippen LogP contribution in [0.4, 0.5) is 4.79 Å². The number of carbonyl (C=O) groups is 2. The van der Waals surface area contributed by atoms with Crippen LogP contribution < -0.4 is 10.1 Å². The van der Waals surface area contributed by atoms with Gasteiger partial charge in [0.2, 0.25) is 0 Å². The summed E-state index contributed by atoms with van der Waals surface area (Å²) >= 11 is 0. The normalized spacial score (nSPS) is 14.4. The lowest BCUT2D eigenvalue weighted by atomic mass is 10.0. The van der Waals surface area contributed by atoms with Gasteiger partial charge in [0.1, 0.15) is 5.60 Å². The third-order valence-electron chi connectivity index (χ3n) is 2.21. The Kier molecular flexibility index (Phi) is 4.18. The average Bonchev–Trinajstić information content (AvgIpc) is 2.75. The monoisotopic (exact) mass is 270 g/mol. The summed E-state index contributed by atoms with van der Waals surface area (Å²) in [5.41, 5.74) is -2.03. The highest BCUT2D eigenvalue weighted by Gasteiger charge is 2.34. The molecule has 0 aliphatic carbocycles. The summed E-state index contributed by atoms with van der Waals surface area (Å²) in [5.74, 6) is 0.374. The highest BCUT2D eigenvalue weighted by molar-refractivity contribution is 5.77. The number of rotatable bonds is 4. The molecule has 1 atom stereocenters. The van der Waals surface area contributed by atoms with Crippen molar-refractivity contribution in [2.75, 3.05) is 7.11 Å². The molecule has 1 unspecified atom stereocenters. The van der Waals surface area contributed by atoms with Gasteiger partial charge in [-0.05, 0) is 32.9 Å². The van der Waals surface area contributed by atoms with Gasteiger partial charge in [0.15, 0.2) is 17.6 Å². The average molecular weight is 270 g/mol. The number of hydrogen-bond acceptors (Lipinski definition) is 6. The van der Waals surface area contributed by atoms with Crippen LogP contribution in [-0.4, -0.2) is 30.2 Å². The standard InChI is InChI=1S/C12H18N2O5/c1-11(2,3)18-10(16)13-12(4,7-15)8-6-9(17-5)14-19-8/h6-7H,1-5H3,(H,13,16). The van der Waals surface area contributed by atoms with Crippen LogP contribution in [0.3, 0.4) is 0 Å². The fraction of sp³-hybridized carbons (Fsp3) is 0.583. The fourth-order valence-electron chi connectivity index (χ4n) is 1.26. The number of nitrogens with zero attached hydrogens (tertiary/aromatic N) is 1. The van der Waals surface area contributed by atoms with E-state index in [-0.39, 0.29) is 11.6 Å². The second-order valence-corrected chi connectivity index (χ2v) is 5.18. The van der Waals surface area contributed by atoms with Crippen LogP contribution in [0.25, 0.3) is 0 Å². The lowest BCUT2D eigenvalue weighted by Crippen LogP contribution is -2.46. The largest absolute Gasteiger partial charge is 0.479 e. The lowest BCUT2D eigenvalue weighted by Gasteiger charge is -2.25. The van der Waals surface area contributed by atoms with Gasteiger partial charge >= 0.3 is 6.09 Å². The summed E-state index contributed by atoms with van der Waals surface area (Å²) in [5, 5.41) is 6.02. The van der Waals surface area contributed by atoms with E-state index in [0.717, 1.165) is 0 Å². The molecule has 106 valence electrons. The molecule has 1 amide bonds. The first kappa shape index (κ1) is 15.0. The molecule has 0 saturated heterocycles. The molecule has 1 N–H and O–H groups in total. The molecule has 0 aliphatic heterocycles. The SMILES string of the molecule is COc1cc(C(C)(C=O)NC(=O)OC(C)(C)C)on1. The fourth-order valence-corrected chi connectivity index (χ4v) is 1.26. The second kappa shape index (κ2) is 5.29. The molecule has 0 saturated carbocycles. The molecule has 1 aromatic rings. The summed E-state index contributed by atoms with van der Waals surface area (Å²) in [7, 11) is 1.42. The highest BCUT2D eigenvalue weighted by atomic mass is 16.6. The molecule has 1 heterocycles. The van der Waals surface area contributed by atoms with Crippen LogP contribution >= 0.6 is 0 Å². The summed E-state index contributed by atoms with van der Waals surface area (Å²) in [6.45, 7) is 6.65. The third kappa shape index (κ3) is 3.97. The molecule has 19 heavy (non-hydrogen) atoms. The second-order valence-electron chi connectivity index (χ2n) is 5.18. The molecule has 0 bridgehead atoms. The third-order valence-corrected chi connectivity index (χ3v) is 2.21. The maximum atomic E-state index is 11.7. The Bertz CT molecular complexity index is 463. The number of methoxy groups -OCH3 is 1. The molecule has 7 heteroatoms. The Morgan fingerprint density at radius 3 is 2.47 bits per heavy atom. The topological polar surface area (TPSA) is 90.7 Å². The number of amides is 1. The maximum Gasteiger partial charge on any atom is 0.408 e. The van der Waals surface area contributed by atoms with Crippen LogP contribution in [0.15, 0.2) is 10.6 Å².